The third-order valence-electron chi connectivity index (χ3n) is 6.18. The van der Waals surface area contributed by atoms with Gasteiger partial charge in [-0.3, -0.25) is 0 Å². The van der Waals surface area contributed by atoms with Crippen molar-refractivity contribution in [2.75, 3.05) is 11.9 Å². The van der Waals surface area contributed by atoms with Gasteiger partial charge in [-0.25, -0.2) is 14.6 Å². The van der Waals surface area contributed by atoms with Crippen molar-refractivity contribution in [2.24, 2.45) is 5.16 Å². The van der Waals surface area contributed by atoms with Crippen molar-refractivity contribution in [3.8, 4) is 5.75 Å². The zero-order chi connectivity index (χ0) is 28.5. The highest BCUT2D eigenvalue weighted by Crippen LogP contribution is 2.40. The van der Waals surface area contributed by atoms with Gasteiger partial charge >= 0.3 is 11.9 Å². The van der Waals surface area contributed by atoms with Crippen molar-refractivity contribution < 1.29 is 24.3 Å². The number of ether oxygens (including phenoxy) is 1. The van der Waals surface area contributed by atoms with E-state index in [1.807, 2.05) is 91.0 Å². The minimum atomic E-state index is -1.35. The van der Waals surface area contributed by atoms with Gasteiger partial charge in [0.05, 0.1) is 0 Å². The second-order valence-corrected chi connectivity index (χ2v) is 9.67. The molecule has 0 spiro atoms. The molecule has 0 aliphatic heterocycles. The van der Waals surface area contributed by atoms with Crippen LogP contribution in [0.15, 0.2) is 132 Å². The van der Waals surface area contributed by atoms with Crippen LogP contribution in [0.25, 0.3) is 0 Å². The van der Waals surface area contributed by atoms with Crippen molar-refractivity contribution in [3.63, 3.8) is 0 Å². The van der Waals surface area contributed by atoms with E-state index in [0.29, 0.717) is 10.9 Å². The Morgan fingerprint density at radius 3 is 1.76 bits per heavy atom. The predicted molar refractivity (Wildman–Crippen MR) is 157 cm³/mol. The van der Waals surface area contributed by atoms with E-state index < -0.39 is 29.8 Å². The molecule has 0 bridgehead atoms. The number of nitrogens with zero attached hydrogens (tertiary/aromatic N) is 2. The third kappa shape index (κ3) is 6.32. The number of carbonyl (C=O) groups is 2. The number of hydrogen-bond donors (Lipinski definition) is 2. The summed E-state index contributed by atoms with van der Waals surface area (Å²) in [6, 6.07) is 38.4. The minimum absolute atomic E-state index is 0.0875. The highest BCUT2D eigenvalue weighted by Gasteiger charge is 2.37. The Morgan fingerprint density at radius 1 is 0.780 bits per heavy atom. The number of hydrogen-bond acceptors (Lipinski definition) is 8. The van der Waals surface area contributed by atoms with Crippen LogP contribution >= 0.6 is 11.3 Å². The fraction of sp³-hybridized carbons (Fsp3) is 0.0625. The van der Waals surface area contributed by atoms with Crippen molar-refractivity contribution in [2.45, 2.75) is 5.54 Å². The van der Waals surface area contributed by atoms with Crippen LogP contribution in [-0.2, 0) is 20.0 Å². The SMILES string of the molecule is O=C(CON=C(C(=O)O)c1csc(NC(c2ccccc2)(c2ccccc2)c2ccccc2)n1)Oc1ccccc1. The molecule has 0 saturated heterocycles. The Bertz CT molecular complexity index is 1530. The monoisotopic (exact) mass is 563 g/mol. The number of nitrogens with one attached hydrogen (secondary N) is 1. The number of carboxylic acid groups (broad SMARTS) is 1. The van der Waals surface area contributed by atoms with E-state index in [1.54, 1.807) is 35.7 Å². The number of esters is 1. The van der Waals surface area contributed by atoms with E-state index in [4.69, 9.17) is 9.57 Å². The molecule has 0 unspecified atom stereocenters. The number of rotatable bonds is 11. The van der Waals surface area contributed by atoms with Crippen LogP contribution in [0.3, 0.4) is 0 Å². The molecule has 0 fully saturated rings. The molecule has 0 radical (unpaired) electrons. The van der Waals surface area contributed by atoms with Gasteiger partial charge in [-0.05, 0) is 28.8 Å². The Hall–Kier alpha value is -5.28. The molecule has 1 aromatic heterocycles. The van der Waals surface area contributed by atoms with Gasteiger partial charge in [0.15, 0.2) is 5.13 Å². The Labute approximate surface area is 240 Å². The molecule has 4 aromatic carbocycles. The molecule has 0 atom stereocenters. The molecule has 1 heterocycles. The minimum Gasteiger partial charge on any atom is -0.476 e. The fourth-order valence-electron chi connectivity index (χ4n) is 4.38. The predicted octanol–water partition coefficient (Wildman–Crippen LogP) is 5.96. The highest BCUT2D eigenvalue weighted by atomic mass is 32.1. The first-order valence-electron chi connectivity index (χ1n) is 12.7. The molecule has 8 nitrogen and oxygen atoms in total. The topological polar surface area (TPSA) is 110 Å². The average Bonchev–Trinajstić information content (AvgIpc) is 3.47. The van der Waals surface area contributed by atoms with Gasteiger partial charge in [0.25, 0.3) is 0 Å². The van der Waals surface area contributed by atoms with Crippen molar-refractivity contribution >= 4 is 34.1 Å². The lowest BCUT2D eigenvalue weighted by atomic mass is 9.77. The van der Waals surface area contributed by atoms with Crippen LogP contribution in [0.5, 0.6) is 5.75 Å². The van der Waals surface area contributed by atoms with Gasteiger partial charge in [0, 0.05) is 5.38 Å². The standard InChI is InChI=1S/C32H25N3O5S/c36-28(40-26-19-11-4-12-20-26)21-39-35-29(30(37)38)27-22-41-31(33-27)34-32(23-13-5-1-6-14-23,24-15-7-2-8-16-24)25-17-9-3-10-18-25/h1-20,22H,21H2,(H,33,34)(H,37,38). The van der Waals surface area contributed by atoms with Crippen LogP contribution in [-0.4, -0.2) is 34.3 Å². The van der Waals surface area contributed by atoms with Crippen LogP contribution in [0, 0.1) is 0 Å². The molecule has 9 heteroatoms. The van der Waals surface area contributed by atoms with Gasteiger partial charge in [0.2, 0.25) is 12.3 Å². The van der Waals surface area contributed by atoms with Crippen molar-refractivity contribution in [1.82, 2.24) is 4.98 Å². The molecular weight excluding hydrogens is 538 g/mol. The summed E-state index contributed by atoms with van der Waals surface area (Å²) >= 11 is 1.23. The summed E-state index contributed by atoms with van der Waals surface area (Å²) in [5.74, 6) is -1.72. The maximum absolute atomic E-state index is 12.1. The van der Waals surface area contributed by atoms with Gasteiger partial charge in [-0.15, -0.1) is 11.3 Å². The smallest absolute Gasteiger partial charge is 0.360 e. The zero-order valence-corrected chi connectivity index (χ0v) is 22.5. The third-order valence-corrected chi connectivity index (χ3v) is 6.94. The second-order valence-electron chi connectivity index (χ2n) is 8.82. The molecule has 0 saturated carbocycles. The molecule has 0 aliphatic carbocycles. The summed E-state index contributed by atoms with van der Waals surface area (Å²) in [5, 5.41) is 19.2. The van der Waals surface area contributed by atoms with E-state index in [1.165, 1.54) is 11.3 Å². The molecule has 204 valence electrons. The lowest BCUT2D eigenvalue weighted by Gasteiger charge is -2.36. The first-order valence-corrected chi connectivity index (χ1v) is 13.5. The summed E-state index contributed by atoms with van der Waals surface area (Å²) in [5.41, 5.74) is 1.73. The number of carboxylic acids is 1. The average molecular weight is 564 g/mol. The van der Waals surface area contributed by atoms with E-state index in [2.05, 4.69) is 15.5 Å². The maximum Gasteiger partial charge on any atom is 0.360 e. The molecule has 2 N–H and O–H groups in total. The number of para-hydroxylation sites is 1. The van der Waals surface area contributed by atoms with Crippen LogP contribution in [0.4, 0.5) is 5.13 Å². The van der Waals surface area contributed by atoms with E-state index in [9.17, 15) is 14.7 Å². The Kier molecular flexibility index (Phi) is 8.46. The molecule has 41 heavy (non-hydrogen) atoms. The van der Waals surface area contributed by atoms with E-state index >= 15 is 0 Å². The normalized spacial score (nSPS) is 11.5. The van der Waals surface area contributed by atoms with Gasteiger partial charge < -0.3 is 20.0 Å². The number of carbonyl (C=O) groups excluding carboxylic acids is 1. The molecule has 5 aromatic rings. The molecule has 0 amide bonds. The highest BCUT2D eigenvalue weighted by molar-refractivity contribution is 7.14. The maximum atomic E-state index is 12.1. The molecule has 0 aliphatic rings. The molecule has 5 rings (SSSR count). The quantitative estimate of drug-likeness (QED) is 0.0671. The number of aromatic nitrogens is 1. The zero-order valence-electron chi connectivity index (χ0n) is 21.7. The first kappa shape index (κ1) is 27.3. The van der Waals surface area contributed by atoms with Crippen LogP contribution in [0.2, 0.25) is 0 Å². The first-order chi connectivity index (χ1) is 20.1. The lowest BCUT2D eigenvalue weighted by Crippen LogP contribution is -2.38. The fourth-order valence-corrected chi connectivity index (χ4v) is 5.13. The van der Waals surface area contributed by atoms with Crippen molar-refractivity contribution in [3.05, 3.63) is 149 Å². The summed E-state index contributed by atoms with van der Waals surface area (Å²) in [6.07, 6.45) is 0. The summed E-state index contributed by atoms with van der Waals surface area (Å²) < 4.78 is 5.14. The number of anilines is 1. The summed E-state index contributed by atoms with van der Waals surface area (Å²) in [4.78, 5) is 33.7. The number of benzene rings is 4. The van der Waals surface area contributed by atoms with Gasteiger partial charge in [-0.2, -0.15) is 0 Å². The lowest BCUT2D eigenvalue weighted by molar-refractivity contribution is -0.139. The molecular formula is C32H25N3O5S. The largest absolute Gasteiger partial charge is 0.476 e. The van der Waals surface area contributed by atoms with E-state index in [0.717, 1.165) is 16.7 Å². The van der Waals surface area contributed by atoms with Crippen molar-refractivity contribution in [1.29, 1.82) is 0 Å². The van der Waals surface area contributed by atoms with Crippen LogP contribution in [0.1, 0.15) is 22.4 Å². The second kappa shape index (κ2) is 12.7. The van der Waals surface area contributed by atoms with Gasteiger partial charge in [0.1, 0.15) is 17.0 Å². The van der Waals surface area contributed by atoms with E-state index in [-0.39, 0.29) is 5.69 Å². The number of aliphatic carboxylic acids is 1. The Balaban J connectivity index is 1.44. The number of oxime groups is 1. The van der Waals surface area contributed by atoms with Gasteiger partial charge in [-0.1, -0.05) is 114 Å². The summed E-state index contributed by atoms with van der Waals surface area (Å²) in [6.45, 7) is -0.569. The van der Waals surface area contributed by atoms with Crippen LogP contribution < -0.4 is 10.1 Å². The Morgan fingerprint density at radius 2 is 1.27 bits per heavy atom. The number of thiazole rings is 1. The summed E-state index contributed by atoms with van der Waals surface area (Å²) in [7, 11) is 0.